The second kappa shape index (κ2) is 4.94. The fourth-order valence-electron chi connectivity index (χ4n) is 1.74. The summed E-state index contributed by atoms with van der Waals surface area (Å²) < 4.78 is 23.7. The van der Waals surface area contributed by atoms with Crippen LogP contribution in [-0.4, -0.2) is 19.4 Å². The molecule has 0 aliphatic rings. The molecular formula is C13H20BrNO2S. The zero-order chi connectivity index (χ0) is 14.3. The Morgan fingerprint density at radius 3 is 2.17 bits per heavy atom. The number of rotatable bonds is 3. The first-order valence-corrected chi connectivity index (χ1v) is 8.38. The Balaban J connectivity index is 3.36. The van der Waals surface area contributed by atoms with Crippen molar-refractivity contribution in [2.45, 2.75) is 38.5 Å². The molecule has 0 aromatic heterocycles. The molecule has 0 fully saturated rings. The molecular weight excluding hydrogens is 314 g/mol. The zero-order valence-electron chi connectivity index (χ0n) is 11.4. The molecule has 0 saturated heterocycles. The Morgan fingerprint density at radius 2 is 1.72 bits per heavy atom. The van der Waals surface area contributed by atoms with Gasteiger partial charge in [0.2, 0.25) is 0 Å². The molecule has 1 rings (SSSR count). The Hall–Kier alpha value is -0.390. The quantitative estimate of drug-likeness (QED) is 0.925. The Bertz CT molecular complexity index is 565. The molecule has 3 nitrogen and oxygen atoms in total. The summed E-state index contributed by atoms with van der Waals surface area (Å²) in [6.45, 7) is 7.25. The highest BCUT2D eigenvalue weighted by molar-refractivity contribution is 9.10. The molecule has 0 aliphatic heterocycles. The molecule has 5 heteroatoms. The van der Waals surface area contributed by atoms with Gasteiger partial charge in [0.1, 0.15) is 0 Å². The van der Waals surface area contributed by atoms with Crippen molar-refractivity contribution in [2.24, 2.45) is 5.73 Å². The number of hydrogen-bond acceptors (Lipinski definition) is 3. The summed E-state index contributed by atoms with van der Waals surface area (Å²) in [6.07, 6.45) is 1.23. The molecule has 0 radical (unpaired) electrons. The van der Waals surface area contributed by atoms with Crippen molar-refractivity contribution >= 4 is 25.8 Å². The van der Waals surface area contributed by atoms with Crippen molar-refractivity contribution in [3.8, 4) is 0 Å². The van der Waals surface area contributed by atoms with Crippen LogP contribution in [0.25, 0.3) is 0 Å². The lowest BCUT2D eigenvalue weighted by molar-refractivity contribution is 0.495. The number of sulfone groups is 1. The van der Waals surface area contributed by atoms with E-state index in [0.29, 0.717) is 0 Å². The largest absolute Gasteiger partial charge is 0.323 e. The highest BCUT2D eigenvalue weighted by atomic mass is 79.9. The van der Waals surface area contributed by atoms with Crippen LogP contribution in [0.5, 0.6) is 0 Å². The molecule has 0 saturated carbocycles. The van der Waals surface area contributed by atoms with Crippen molar-refractivity contribution in [1.82, 2.24) is 0 Å². The van der Waals surface area contributed by atoms with Gasteiger partial charge in [0.25, 0.3) is 0 Å². The maximum atomic E-state index is 11.8. The number of benzene rings is 1. The Labute approximate surface area is 118 Å². The molecule has 0 spiro atoms. The van der Waals surface area contributed by atoms with E-state index in [1.807, 2.05) is 26.0 Å². The first-order chi connectivity index (χ1) is 7.98. The number of aryl methyl sites for hydroxylation is 2. The molecule has 1 atom stereocenters. The second-order valence-corrected chi connectivity index (χ2v) is 8.76. The third-order valence-electron chi connectivity index (χ3n) is 3.59. The third-order valence-corrected chi connectivity index (χ3v) is 6.61. The second-order valence-electron chi connectivity index (χ2n) is 5.31. The van der Waals surface area contributed by atoms with E-state index in [2.05, 4.69) is 15.9 Å². The summed E-state index contributed by atoms with van der Waals surface area (Å²) in [6, 6.07) is 3.39. The molecule has 0 heterocycles. The van der Waals surface area contributed by atoms with Gasteiger partial charge < -0.3 is 5.73 Å². The minimum Gasteiger partial charge on any atom is -0.323 e. The van der Waals surface area contributed by atoms with Gasteiger partial charge >= 0.3 is 0 Å². The maximum Gasteiger partial charge on any atom is 0.154 e. The summed E-state index contributed by atoms with van der Waals surface area (Å²) in [7, 11) is -3.23. The Morgan fingerprint density at radius 1 is 1.22 bits per heavy atom. The van der Waals surface area contributed by atoms with Gasteiger partial charge in [-0.2, -0.15) is 0 Å². The monoisotopic (exact) mass is 333 g/mol. The minimum absolute atomic E-state index is 0.542. The fraction of sp³-hybridized carbons (Fsp3) is 0.538. The molecule has 102 valence electrons. The smallest absolute Gasteiger partial charge is 0.154 e. The van der Waals surface area contributed by atoms with Crippen LogP contribution in [0.1, 0.15) is 36.6 Å². The van der Waals surface area contributed by atoms with Crippen LogP contribution in [0.2, 0.25) is 0 Å². The number of halogens is 1. The van der Waals surface area contributed by atoms with Crippen molar-refractivity contribution in [3.05, 3.63) is 33.3 Å². The van der Waals surface area contributed by atoms with Gasteiger partial charge in [-0.1, -0.05) is 22.0 Å². The summed E-state index contributed by atoms with van der Waals surface area (Å²) >= 11 is 3.46. The SMILES string of the molecule is Cc1cc(C(N)C(C)(C)S(C)(=O)=O)c(C)cc1Br. The number of hydrogen-bond donors (Lipinski definition) is 1. The summed E-state index contributed by atoms with van der Waals surface area (Å²) in [4.78, 5) is 0. The van der Waals surface area contributed by atoms with Crippen molar-refractivity contribution in [2.75, 3.05) is 6.26 Å². The van der Waals surface area contributed by atoms with Crippen LogP contribution in [0, 0.1) is 13.8 Å². The van der Waals surface area contributed by atoms with Crippen LogP contribution in [0.15, 0.2) is 16.6 Å². The minimum atomic E-state index is -3.23. The zero-order valence-corrected chi connectivity index (χ0v) is 13.8. The van der Waals surface area contributed by atoms with Gasteiger partial charge in [0.15, 0.2) is 9.84 Å². The van der Waals surface area contributed by atoms with Gasteiger partial charge in [0, 0.05) is 16.8 Å². The lowest BCUT2D eigenvalue weighted by Crippen LogP contribution is -2.42. The first-order valence-electron chi connectivity index (χ1n) is 5.70. The lowest BCUT2D eigenvalue weighted by Gasteiger charge is -2.31. The molecule has 1 aromatic rings. The van der Waals surface area contributed by atoms with Crippen molar-refractivity contribution < 1.29 is 8.42 Å². The molecule has 0 bridgehead atoms. The van der Waals surface area contributed by atoms with Crippen LogP contribution in [0.4, 0.5) is 0 Å². The van der Waals surface area contributed by atoms with E-state index in [-0.39, 0.29) is 0 Å². The number of nitrogens with two attached hydrogens (primary N) is 1. The molecule has 1 unspecified atom stereocenters. The van der Waals surface area contributed by atoms with E-state index in [0.717, 1.165) is 21.2 Å². The topological polar surface area (TPSA) is 60.2 Å². The van der Waals surface area contributed by atoms with E-state index in [9.17, 15) is 8.42 Å². The van der Waals surface area contributed by atoms with Crippen LogP contribution in [-0.2, 0) is 9.84 Å². The van der Waals surface area contributed by atoms with Crippen LogP contribution in [0.3, 0.4) is 0 Å². The highest BCUT2D eigenvalue weighted by Gasteiger charge is 2.38. The normalized spacial score (nSPS) is 14.6. The van der Waals surface area contributed by atoms with Gasteiger partial charge in [0.05, 0.1) is 4.75 Å². The van der Waals surface area contributed by atoms with E-state index in [1.165, 1.54) is 6.26 Å². The molecule has 0 amide bonds. The maximum absolute atomic E-state index is 11.8. The van der Waals surface area contributed by atoms with E-state index < -0.39 is 20.6 Å². The van der Waals surface area contributed by atoms with Crippen LogP contribution >= 0.6 is 15.9 Å². The predicted molar refractivity (Wildman–Crippen MR) is 79.5 cm³/mol. The molecule has 1 aromatic carbocycles. The van der Waals surface area contributed by atoms with Crippen molar-refractivity contribution in [1.29, 1.82) is 0 Å². The van der Waals surface area contributed by atoms with E-state index >= 15 is 0 Å². The molecule has 18 heavy (non-hydrogen) atoms. The van der Waals surface area contributed by atoms with Gasteiger partial charge in [-0.3, -0.25) is 0 Å². The summed E-state index contributed by atoms with van der Waals surface area (Å²) in [5, 5.41) is 0. The van der Waals surface area contributed by atoms with Crippen molar-refractivity contribution in [3.63, 3.8) is 0 Å². The van der Waals surface area contributed by atoms with Gasteiger partial charge in [-0.05, 0) is 50.5 Å². The predicted octanol–water partition coefficient (Wildman–Crippen LogP) is 2.89. The first kappa shape index (κ1) is 15.7. The average Bonchev–Trinajstić information content (AvgIpc) is 2.20. The standard InChI is InChI=1S/C13H20BrNO2S/c1-8-7-11(14)9(2)6-10(8)12(15)13(3,4)18(5,16)17/h6-7,12H,15H2,1-5H3. The van der Waals surface area contributed by atoms with Gasteiger partial charge in [-0.25, -0.2) is 8.42 Å². The fourth-order valence-corrected chi connectivity index (χ4v) is 2.79. The van der Waals surface area contributed by atoms with E-state index in [1.54, 1.807) is 13.8 Å². The van der Waals surface area contributed by atoms with Crippen LogP contribution < -0.4 is 5.73 Å². The molecule has 0 aliphatic carbocycles. The summed E-state index contributed by atoms with van der Waals surface area (Å²) in [5.41, 5.74) is 9.11. The van der Waals surface area contributed by atoms with E-state index in [4.69, 9.17) is 5.73 Å². The summed E-state index contributed by atoms with van der Waals surface area (Å²) in [5.74, 6) is 0. The Kier molecular flexibility index (Phi) is 4.30. The lowest BCUT2D eigenvalue weighted by atomic mass is 9.91. The third kappa shape index (κ3) is 2.78. The van der Waals surface area contributed by atoms with Gasteiger partial charge in [-0.15, -0.1) is 0 Å². The average molecular weight is 334 g/mol. The highest BCUT2D eigenvalue weighted by Crippen LogP contribution is 2.33. The molecule has 2 N–H and O–H groups in total.